The van der Waals surface area contributed by atoms with Gasteiger partial charge in [0.2, 0.25) is 5.91 Å². The van der Waals surface area contributed by atoms with Gasteiger partial charge in [0.15, 0.2) is 0 Å². The topological polar surface area (TPSA) is 49.9 Å². The van der Waals surface area contributed by atoms with E-state index in [4.69, 9.17) is 4.74 Å². The second-order valence-electron chi connectivity index (χ2n) is 5.99. The first-order valence-corrected chi connectivity index (χ1v) is 7.87. The lowest BCUT2D eigenvalue weighted by atomic mass is 9.98. The summed E-state index contributed by atoms with van der Waals surface area (Å²) >= 11 is 0. The molecule has 0 unspecified atom stereocenters. The molecule has 5 nitrogen and oxygen atoms in total. The summed E-state index contributed by atoms with van der Waals surface area (Å²) in [5, 5.41) is 0. The van der Waals surface area contributed by atoms with Crippen LogP contribution >= 0.6 is 0 Å². The number of nitrogens with zero attached hydrogens (tertiary/aromatic N) is 2. The quantitative estimate of drug-likeness (QED) is 0.778. The van der Waals surface area contributed by atoms with E-state index in [1.165, 1.54) is 12.7 Å². The zero-order valence-electron chi connectivity index (χ0n) is 13.0. The molecule has 1 aromatic carbocycles. The number of amides is 1. The molecule has 0 bridgehead atoms. The van der Waals surface area contributed by atoms with Crippen molar-refractivity contribution in [1.29, 1.82) is 0 Å². The number of hydrogen-bond acceptors (Lipinski definition) is 4. The van der Waals surface area contributed by atoms with Crippen LogP contribution in [0, 0.1) is 0 Å². The van der Waals surface area contributed by atoms with Crippen molar-refractivity contribution < 1.29 is 14.3 Å². The zero-order valence-corrected chi connectivity index (χ0v) is 13.0. The molecule has 2 aliphatic rings. The Morgan fingerprint density at radius 3 is 2.86 bits per heavy atom. The number of fused-ring (bicyclic) bond motifs is 1. The van der Waals surface area contributed by atoms with Gasteiger partial charge in [-0.15, -0.1) is 0 Å². The largest absolute Gasteiger partial charge is 0.468 e. The molecule has 0 aromatic heterocycles. The number of carbonyl (C=O) groups is 2. The molecule has 1 amide bonds. The van der Waals surface area contributed by atoms with Crippen LogP contribution in [0.25, 0.3) is 0 Å². The highest BCUT2D eigenvalue weighted by Gasteiger charge is 2.30. The summed E-state index contributed by atoms with van der Waals surface area (Å²) in [5.41, 5.74) is 2.39. The van der Waals surface area contributed by atoms with E-state index in [1.807, 2.05) is 17.0 Å². The van der Waals surface area contributed by atoms with Crippen LogP contribution in [0.4, 0.5) is 5.69 Å². The normalized spacial score (nSPS) is 20.4. The van der Waals surface area contributed by atoms with E-state index in [2.05, 4.69) is 17.0 Å². The number of rotatable bonds is 5. The number of likely N-dealkylation sites (tertiary alicyclic amines) is 1. The van der Waals surface area contributed by atoms with Gasteiger partial charge in [-0.25, -0.2) is 0 Å². The molecule has 5 heteroatoms. The first-order chi connectivity index (χ1) is 10.7. The molecular formula is C17H22N2O3. The van der Waals surface area contributed by atoms with Crippen molar-refractivity contribution in [2.24, 2.45) is 0 Å². The van der Waals surface area contributed by atoms with E-state index in [9.17, 15) is 9.59 Å². The Balaban J connectivity index is 1.68. The predicted molar refractivity (Wildman–Crippen MR) is 83.8 cm³/mol. The molecule has 0 N–H and O–H groups in total. The third-order valence-electron chi connectivity index (χ3n) is 4.62. The SMILES string of the molecule is COC(=O)CN1C[C@H](CCN2CCCC2=O)c2ccccc21. The highest BCUT2D eigenvalue weighted by molar-refractivity contribution is 5.78. The molecular weight excluding hydrogens is 280 g/mol. The fraction of sp³-hybridized carbons (Fsp3) is 0.529. The number of methoxy groups -OCH3 is 1. The summed E-state index contributed by atoms with van der Waals surface area (Å²) in [5.74, 6) is 0.428. The van der Waals surface area contributed by atoms with Crippen molar-refractivity contribution in [3.63, 3.8) is 0 Å². The molecule has 0 spiro atoms. The monoisotopic (exact) mass is 302 g/mol. The molecule has 0 radical (unpaired) electrons. The standard InChI is InChI=1S/C17H22N2O3/c1-22-17(21)12-19-11-13(14-5-2-3-6-15(14)19)8-10-18-9-4-7-16(18)20/h2-3,5-6,13H,4,7-12H2,1H3/t13-/m0/s1. The smallest absolute Gasteiger partial charge is 0.325 e. The third-order valence-corrected chi connectivity index (χ3v) is 4.62. The Bertz CT molecular complexity index is 573. The van der Waals surface area contributed by atoms with E-state index in [0.29, 0.717) is 12.3 Å². The molecule has 0 saturated carbocycles. The minimum absolute atomic E-state index is 0.217. The molecule has 1 atom stereocenters. The van der Waals surface area contributed by atoms with Crippen LogP contribution in [0.15, 0.2) is 24.3 Å². The number of benzene rings is 1. The zero-order chi connectivity index (χ0) is 15.5. The first-order valence-electron chi connectivity index (χ1n) is 7.87. The molecule has 3 rings (SSSR count). The maximum atomic E-state index is 11.7. The van der Waals surface area contributed by atoms with Crippen molar-refractivity contribution in [2.45, 2.75) is 25.2 Å². The van der Waals surface area contributed by atoms with Gasteiger partial charge >= 0.3 is 5.97 Å². The number of esters is 1. The molecule has 1 aromatic rings. The minimum Gasteiger partial charge on any atom is -0.468 e. The van der Waals surface area contributed by atoms with Gasteiger partial charge in [0.25, 0.3) is 0 Å². The van der Waals surface area contributed by atoms with Crippen LogP contribution in [-0.2, 0) is 14.3 Å². The highest BCUT2D eigenvalue weighted by Crippen LogP contribution is 2.38. The number of carbonyl (C=O) groups excluding carboxylic acids is 2. The van der Waals surface area contributed by atoms with E-state index < -0.39 is 0 Å². The van der Waals surface area contributed by atoms with Crippen LogP contribution in [0.1, 0.15) is 30.7 Å². The van der Waals surface area contributed by atoms with Crippen LogP contribution in [0.3, 0.4) is 0 Å². The second kappa shape index (κ2) is 6.38. The first kappa shape index (κ1) is 14.9. The Labute approximate surface area is 130 Å². The van der Waals surface area contributed by atoms with Crippen LogP contribution in [0.5, 0.6) is 0 Å². The second-order valence-corrected chi connectivity index (χ2v) is 5.99. The molecule has 2 heterocycles. The van der Waals surface area contributed by atoms with Gasteiger partial charge in [0.05, 0.1) is 7.11 Å². The lowest BCUT2D eigenvalue weighted by Crippen LogP contribution is -2.31. The lowest BCUT2D eigenvalue weighted by Gasteiger charge is -2.20. The van der Waals surface area contributed by atoms with Crippen molar-refractivity contribution in [3.05, 3.63) is 29.8 Å². The van der Waals surface area contributed by atoms with Gasteiger partial charge in [-0.1, -0.05) is 18.2 Å². The molecule has 22 heavy (non-hydrogen) atoms. The number of hydrogen-bond donors (Lipinski definition) is 0. The fourth-order valence-corrected chi connectivity index (χ4v) is 3.45. The molecule has 2 aliphatic heterocycles. The summed E-state index contributed by atoms with van der Waals surface area (Å²) < 4.78 is 4.78. The van der Waals surface area contributed by atoms with Gasteiger partial charge in [0, 0.05) is 37.7 Å². The lowest BCUT2D eigenvalue weighted by molar-refractivity contribution is -0.139. The Morgan fingerprint density at radius 1 is 1.32 bits per heavy atom. The van der Waals surface area contributed by atoms with Gasteiger partial charge in [0.1, 0.15) is 6.54 Å². The Hall–Kier alpha value is -2.04. The Morgan fingerprint density at radius 2 is 2.14 bits per heavy atom. The third kappa shape index (κ3) is 2.93. The number of ether oxygens (including phenoxy) is 1. The number of anilines is 1. The predicted octanol–water partition coefficient (Wildman–Crippen LogP) is 1.78. The molecule has 0 aliphatic carbocycles. The van der Waals surface area contributed by atoms with E-state index in [0.717, 1.165) is 38.2 Å². The summed E-state index contributed by atoms with van der Waals surface area (Å²) in [6, 6.07) is 8.21. The molecule has 1 saturated heterocycles. The highest BCUT2D eigenvalue weighted by atomic mass is 16.5. The van der Waals surface area contributed by atoms with Crippen molar-refractivity contribution in [2.75, 3.05) is 38.2 Å². The van der Waals surface area contributed by atoms with E-state index >= 15 is 0 Å². The van der Waals surface area contributed by atoms with E-state index in [-0.39, 0.29) is 18.4 Å². The maximum Gasteiger partial charge on any atom is 0.325 e. The average Bonchev–Trinajstić information content (AvgIpc) is 3.09. The molecule has 118 valence electrons. The van der Waals surface area contributed by atoms with Crippen LogP contribution in [0.2, 0.25) is 0 Å². The Kier molecular flexibility index (Phi) is 4.32. The minimum atomic E-state index is -0.217. The summed E-state index contributed by atoms with van der Waals surface area (Å²) in [6.45, 7) is 2.80. The average molecular weight is 302 g/mol. The number of para-hydroxylation sites is 1. The van der Waals surface area contributed by atoms with Crippen molar-refractivity contribution in [3.8, 4) is 0 Å². The van der Waals surface area contributed by atoms with Crippen molar-refractivity contribution >= 4 is 17.6 Å². The van der Waals surface area contributed by atoms with Crippen LogP contribution in [-0.4, -0.2) is 50.1 Å². The van der Waals surface area contributed by atoms with Crippen molar-refractivity contribution in [1.82, 2.24) is 4.90 Å². The molecule has 1 fully saturated rings. The van der Waals surface area contributed by atoms with Gasteiger partial charge < -0.3 is 14.5 Å². The summed E-state index contributed by atoms with van der Waals surface area (Å²) in [6.07, 6.45) is 2.62. The summed E-state index contributed by atoms with van der Waals surface area (Å²) in [4.78, 5) is 27.3. The van der Waals surface area contributed by atoms with Gasteiger partial charge in [-0.05, 0) is 24.5 Å². The van der Waals surface area contributed by atoms with E-state index in [1.54, 1.807) is 0 Å². The summed E-state index contributed by atoms with van der Waals surface area (Å²) in [7, 11) is 1.42. The van der Waals surface area contributed by atoms with Gasteiger partial charge in [-0.3, -0.25) is 9.59 Å². The fourth-order valence-electron chi connectivity index (χ4n) is 3.45. The van der Waals surface area contributed by atoms with Gasteiger partial charge in [-0.2, -0.15) is 0 Å². The maximum absolute atomic E-state index is 11.7. The van der Waals surface area contributed by atoms with Crippen LogP contribution < -0.4 is 4.90 Å².